The molecule has 88 valence electrons. The van der Waals surface area contributed by atoms with Crippen LogP contribution in [0.1, 0.15) is 37.7 Å². The van der Waals surface area contributed by atoms with E-state index in [0.29, 0.717) is 11.2 Å². The minimum Gasteiger partial charge on any atom is -0.508 e. The molecule has 0 bridgehead atoms. The summed E-state index contributed by atoms with van der Waals surface area (Å²) >= 11 is 0. The number of rotatable bonds is 3. The van der Waals surface area contributed by atoms with Gasteiger partial charge in [-0.05, 0) is 48.9 Å². The van der Waals surface area contributed by atoms with Gasteiger partial charge in [0.15, 0.2) is 0 Å². The minimum absolute atomic E-state index is 0.315. The summed E-state index contributed by atoms with van der Waals surface area (Å²) in [6.07, 6.45) is 7.56. The lowest BCUT2D eigenvalue weighted by atomic mass is 9.70. The summed E-state index contributed by atoms with van der Waals surface area (Å²) in [5.74, 6) is 0.342. The maximum absolute atomic E-state index is 9.26. The van der Waals surface area contributed by atoms with Gasteiger partial charge in [0.1, 0.15) is 5.75 Å². The van der Waals surface area contributed by atoms with Gasteiger partial charge in [-0.2, -0.15) is 0 Å². The molecule has 0 spiro atoms. The first-order chi connectivity index (χ1) is 7.74. The molecular weight excluding hydrogens is 198 g/mol. The maximum atomic E-state index is 9.26. The largest absolute Gasteiger partial charge is 0.508 e. The lowest BCUT2D eigenvalue weighted by Gasteiger charge is -2.36. The summed E-state index contributed by atoms with van der Waals surface area (Å²) in [5.41, 5.74) is 7.58. The van der Waals surface area contributed by atoms with E-state index >= 15 is 0 Å². The standard InChI is InChI=1S/C14H21NO/c15-11-14(8-2-1-3-9-14)10-12-4-6-13(16)7-5-12/h4-7,16H,1-3,8-11,15H2. The molecule has 2 heteroatoms. The molecule has 0 unspecified atom stereocenters. The van der Waals surface area contributed by atoms with Crippen molar-refractivity contribution in [1.82, 2.24) is 0 Å². The van der Waals surface area contributed by atoms with Gasteiger partial charge in [-0.25, -0.2) is 0 Å². The van der Waals surface area contributed by atoms with Crippen LogP contribution >= 0.6 is 0 Å². The molecule has 1 aromatic carbocycles. The zero-order chi connectivity index (χ0) is 11.4. The molecule has 2 nitrogen and oxygen atoms in total. The second-order valence-corrected chi connectivity index (χ2v) is 5.11. The zero-order valence-electron chi connectivity index (χ0n) is 9.78. The van der Waals surface area contributed by atoms with Crippen LogP contribution in [0.2, 0.25) is 0 Å². The molecule has 0 aromatic heterocycles. The smallest absolute Gasteiger partial charge is 0.115 e. The third-order valence-corrected chi connectivity index (χ3v) is 3.86. The Morgan fingerprint density at radius 1 is 1.06 bits per heavy atom. The van der Waals surface area contributed by atoms with E-state index in [1.165, 1.54) is 37.7 Å². The van der Waals surface area contributed by atoms with Crippen LogP contribution < -0.4 is 5.73 Å². The SMILES string of the molecule is NCC1(Cc2ccc(O)cc2)CCCCC1. The van der Waals surface area contributed by atoms with Crippen LogP contribution in [0, 0.1) is 5.41 Å². The van der Waals surface area contributed by atoms with Gasteiger partial charge < -0.3 is 10.8 Å². The summed E-state index contributed by atoms with van der Waals surface area (Å²) in [5, 5.41) is 9.26. The molecule has 1 aliphatic rings. The Morgan fingerprint density at radius 2 is 1.69 bits per heavy atom. The molecule has 3 N–H and O–H groups in total. The average molecular weight is 219 g/mol. The Kier molecular flexibility index (Phi) is 3.49. The van der Waals surface area contributed by atoms with Crippen molar-refractivity contribution < 1.29 is 5.11 Å². The number of hydrogen-bond donors (Lipinski definition) is 2. The van der Waals surface area contributed by atoms with Gasteiger partial charge >= 0.3 is 0 Å². The van der Waals surface area contributed by atoms with Gasteiger partial charge in [-0.1, -0.05) is 31.4 Å². The average Bonchev–Trinajstić information content (AvgIpc) is 2.33. The summed E-state index contributed by atoms with van der Waals surface area (Å²) < 4.78 is 0. The van der Waals surface area contributed by atoms with Crippen molar-refractivity contribution in [1.29, 1.82) is 0 Å². The molecule has 16 heavy (non-hydrogen) atoms. The fourth-order valence-electron chi connectivity index (χ4n) is 2.80. The number of hydrogen-bond acceptors (Lipinski definition) is 2. The van der Waals surface area contributed by atoms with Gasteiger partial charge in [0.05, 0.1) is 0 Å². The van der Waals surface area contributed by atoms with Crippen LogP contribution in [-0.2, 0) is 6.42 Å². The highest BCUT2D eigenvalue weighted by molar-refractivity contribution is 5.26. The third kappa shape index (κ3) is 2.56. The highest BCUT2D eigenvalue weighted by atomic mass is 16.3. The Morgan fingerprint density at radius 3 is 2.25 bits per heavy atom. The molecule has 0 radical (unpaired) electrons. The normalized spacial score (nSPS) is 19.6. The topological polar surface area (TPSA) is 46.2 Å². The van der Waals surface area contributed by atoms with E-state index in [1.807, 2.05) is 12.1 Å². The van der Waals surface area contributed by atoms with Crippen LogP contribution in [0.5, 0.6) is 5.75 Å². The summed E-state index contributed by atoms with van der Waals surface area (Å²) in [6, 6.07) is 7.56. The molecule has 0 amide bonds. The molecule has 0 heterocycles. The quantitative estimate of drug-likeness (QED) is 0.821. The molecule has 0 aliphatic heterocycles. The van der Waals surface area contributed by atoms with Crippen molar-refractivity contribution in [2.24, 2.45) is 11.1 Å². The van der Waals surface area contributed by atoms with Crippen molar-refractivity contribution in [2.45, 2.75) is 38.5 Å². The van der Waals surface area contributed by atoms with Gasteiger partial charge in [0.25, 0.3) is 0 Å². The first kappa shape index (κ1) is 11.5. The molecule has 1 aliphatic carbocycles. The molecule has 1 fully saturated rings. The lowest BCUT2D eigenvalue weighted by Crippen LogP contribution is -2.34. The van der Waals surface area contributed by atoms with Crippen molar-refractivity contribution in [3.8, 4) is 5.75 Å². The predicted octanol–water partition coefficient (Wildman–Crippen LogP) is 2.84. The molecular formula is C14H21NO. The number of aromatic hydroxyl groups is 1. The summed E-state index contributed by atoms with van der Waals surface area (Å²) in [7, 11) is 0. The van der Waals surface area contributed by atoms with Crippen LogP contribution in [0.3, 0.4) is 0 Å². The van der Waals surface area contributed by atoms with Crippen molar-refractivity contribution in [3.05, 3.63) is 29.8 Å². The molecule has 2 rings (SSSR count). The van der Waals surface area contributed by atoms with E-state index in [9.17, 15) is 5.11 Å². The van der Waals surface area contributed by atoms with Crippen LogP contribution in [-0.4, -0.2) is 11.7 Å². The van der Waals surface area contributed by atoms with Crippen molar-refractivity contribution in [2.75, 3.05) is 6.54 Å². The number of phenols is 1. The Labute approximate surface area is 97.5 Å². The third-order valence-electron chi connectivity index (χ3n) is 3.86. The van der Waals surface area contributed by atoms with E-state index < -0.39 is 0 Å². The zero-order valence-corrected chi connectivity index (χ0v) is 9.78. The molecule has 0 atom stereocenters. The Bertz CT molecular complexity index is 325. The minimum atomic E-state index is 0.315. The molecule has 1 aromatic rings. The monoisotopic (exact) mass is 219 g/mol. The second kappa shape index (κ2) is 4.88. The highest BCUT2D eigenvalue weighted by Crippen LogP contribution is 2.38. The highest BCUT2D eigenvalue weighted by Gasteiger charge is 2.30. The van der Waals surface area contributed by atoms with Gasteiger partial charge in [0.2, 0.25) is 0 Å². The van der Waals surface area contributed by atoms with Crippen LogP contribution in [0.15, 0.2) is 24.3 Å². The van der Waals surface area contributed by atoms with E-state index in [0.717, 1.165) is 13.0 Å². The number of phenolic OH excluding ortho intramolecular Hbond substituents is 1. The maximum Gasteiger partial charge on any atom is 0.115 e. The van der Waals surface area contributed by atoms with Gasteiger partial charge in [0, 0.05) is 0 Å². The molecule has 1 saturated carbocycles. The lowest BCUT2D eigenvalue weighted by molar-refractivity contribution is 0.197. The summed E-state index contributed by atoms with van der Waals surface area (Å²) in [6.45, 7) is 0.786. The number of benzene rings is 1. The van der Waals surface area contributed by atoms with Crippen LogP contribution in [0.25, 0.3) is 0 Å². The van der Waals surface area contributed by atoms with E-state index in [1.54, 1.807) is 12.1 Å². The Balaban J connectivity index is 2.08. The fraction of sp³-hybridized carbons (Fsp3) is 0.571. The van der Waals surface area contributed by atoms with Crippen molar-refractivity contribution in [3.63, 3.8) is 0 Å². The molecule has 0 saturated heterocycles. The van der Waals surface area contributed by atoms with E-state index in [4.69, 9.17) is 5.73 Å². The van der Waals surface area contributed by atoms with E-state index in [2.05, 4.69) is 0 Å². The van der Waals surface area contributed by atoms with Gasteiger partial charge in [-0.15, -0.1) is 0 Å². The number of nitrogens with two attached hydrogens (primary N) is 1. The summed E-state index contributed by atoms with van der Waals surface area (Å²) in [4.78, 5) is 0. The Hall–Kier alpha value is -1.02. The van der Waals surface area contributed by atoms with Crippen molar-refractivity contribution >= 4 is 0 Å². The van der Waals surface area contributed by atoms with Crippen LogP contribution in [0.4, 0.5) is 0 Å². The fourth-order valence-corrected chi connectivity index (χ4v) is 2.80. The van der Waals surface area contributed by atoms with Gasteiger partial charge in [-0.3, -0.25) is 0 Å². The first-order valence-corrected chi connectivity index (χ1v) is 6.22. The predicted molar refractivity (Wildman–Crippen MR) is 66.4 cm³/mol. The first-order valence-electron chi connectivity index (χ1n) is 6.22. The second-order valence-electron chi connectivity index (χ2n) is 5.11. The van der Waals surface area contributed by atoms with E-state index in [-0.39, 0.29) is 0 Å².